The lowest BCUT2D eigenvalue weighted by atomic mass is 9.80. The minimum absolute atomic E-state index is 0.114. The molecule has 1 N–H and O–H groups in total. The average Bonchev–Trinajstić information content (AvgIpc) is 1.83. The molecule has 66 valence electrons. The molecule has 0 atom stereocenters. The highest BCUT2D eigenvalue weighted by molar-refractivity contribution is 5.91. The zero-order chi connectivity index (χ0) is 9.35. The first-order valence-electron chi connectivity index (χ1n) is 4.05. The van der Waals surface area contributed by atoms with Gasteiger partial charge in [-0.15, -0.1) is 0 Å². The molecule has 0 aromatic carbocycles. The third kappa shape index (κ3) is 1.76. The Kier molecular flexibility index (Phi) is 2.09. The lowest BCUT2D eigenvalue weighted by molar-refractivity contribution is -0.132. The maximum atomic E-state index is 10.7. The molecule has 0 amide bonds. The van der Waals surface area contributed by atoms with Gasteiger partial charge in [0.15, 0.2) is 0 Å². The van der Waals surface area contributed by atoms with E-state index < -0.39 is 5.97 Å². The molecule has 0 unspecified atom stereocenters. The van der Waals surface area contributed by atoms with E-state index >= 15 is 0 Å². The molecule has 0 spiro atoms. The first-order chi connectivity index (χ1) is 5.42. The second-order valence-electron chi connectivity index (χ2n) is 4.00. The molecule has 0 fully saturated rings. The Labute approximate surface area is 72.6 Å². The van der Waals surface area contributed by atoms with Crippen LogP contribution in [0.1, 0.15) is 27.2 Å². The molecule has 0 saturated carbocycles. The molecule has 1 aliphatic rings. The fourth-order valence-corrected chi connectivity index (χ4v) is 1.54. The van der Waals surface area contributed by atoms with Gasteiger partial charge in [0.25, 0.3) is 0 Å². The number of carboxylic acid groups (broad SMARTS) is 1. The Balaban J connectivity index is 2.95. The van der Waals surface area contributed by atoms with Gasteiger partial charge in [-0.25, -0.2) is 4.79 Å². The Morgan fingerprint density at radius 2 is 2.17 bits per heavy atom. The summed E-state index contributed by atoms with van der Waals surface area (Å²) < 4.78 is 0. The van der Waals surface area contributed by atoms with E-state index in [-0.39, 0.29) is 5.41 Å². The standard InChI is InChI=1S/C10H14O2/c1-7-6-10(2,3)5-4-8(7)9(11)12/h4-5H,6H2,1-3H3,(H,11,12). The number of hydrogen-bond donors (Lipinski definition) is 1. The van der Waals surface area contributed by atoms with Gasteiger partial charge >= 0.3 is 5.97 Å². The van der Waals surface area contributed by atoms with E-state index in [1.807, 2.05) is 13.0 Å². The van der Waals surface area contributed by atoms with E-state index in [1.165, 1.54) is 0 Å². The summed E-state index contributed by atoms with van der Waals surface area (Å²) in [5.41, 5.74) is 1.53. The number of hydrogen-bond acceptors (Lipinski definition) is 1. The Hall–Kier alpha value is -1.05. The predicted octanol–water partition coefficient (Wildman–Crippen LogP) is 2.37. The van der Waals surface area contributed by atoms with Crippen molar-refractivity contribution in [1.29, 1.82) is 0 Å². The molecule has 1 aliphatic carbocycles. The maximum absolute atomic E-state index is 10.7. The van der Waals surface area contributed by atoms with Gasteiger partial charge in [-0.3, -0.25) is 0 Å². The van der Waals surface area contributed by atoms with Crippen molar-refractivity contribution in [2.75, 3.05) is 0 Å². The van der Waals surface area contributed by atoms with Gasteiger partial charge in [-0.05, 0) is 18.8 Å². The van der Waals surface area contributed by atoms with Crippen LogP contribution in [0.15, 0.2) is 23.3 Å². The molecule has 0 saturated heterocycles. The molecule has 2 heteroatoms. The summed E-state index contributed by atoms with van der Waals surface area (Å²) in [5, 5.41) is 8.77. The highest BCUT2D eigenvalue weighted by Gasteiger charge is 2.22. The summed E-state index contributed by atoms with van der Waals surface area (Å²) in [7, 11) is 0. The van der Waals surface area contributed by atoms with E-state index in [1.54, 1.807) is 6.08 Å². The van der Waals surface area contributed by atoms with Crippen LogP contribution in [0.3, 0.4) is 0 Å². The molecule has 1 rings (SSSR count). The molecule has 0 heterocycles. The van der Waals surface area contributed by atoms with Crippen molar-refractivity contribution in [2.24, 2.45) is 5.41 Å². The zero-order valence-electron chi connectivity index (χ0n) is 7.72. The number of carbonyl (C=O) groups is 1. The van der Waals surface area contributed by atoms with Crippen LogP contribution in [-0.4, -0.2) is 11.1 Å². The molecule has 0 aromatic heterocycles. The lowest BCUT2D eigenvalue weighted by Gasteiger charge is -2.25. The first kappa shape index (κ1) is 9.04. The minimum atomic E-state index is -0.820. The summed E-state index contributed by atoms with van der Waals surface area (Å²) in [5.74, 6) is -0.820. The van der Waals surface area contributed by atoms with Crippen molar-refractivity contribution in [1.82, 2.24) is 0 Å². The van der Waals surface area contributed by atoms with Gasteiger partial charge in [-0.1, -0.05) is 31.6 Å². The zero-order valence-corrected chi connectivity index (χ0v) is 7.72. The van der Waals surface area contributed by atoms with Crippen LogP contribution in [0.25, 0.3) is 0 Å². The third-order valence-corrected chi connectivity index (χ3v) is 2.11. The van der Waals surface area contributed by atoms with Gasteiger partial charge in [0.1, 0.15) is 0 Å². The van der Waals surface area contributed by atoms with Crippen LogP contribution in [-0.2, 0) is 4.79 Å². The first-order valence-corrected chi connectivity index (χ1v) is 4.05. The van der Waals surface area contributed by atoms with Crippen LogP contribution in [0.4, 0.5) is 0 Å². The maximum Gasteiger partial charge on any atom is 0.335 e. The van der Waals surface area contributed by atoms with Crippen LogP contribution in [0, 0.1) is 5.41 Å². The summed E-state index contributed by atoms with van der Waals surface area (Å²) in [6.45, 7) is 6.09. The van der Waals surface area contributed by atoms with E-state index in [2.05, 4.69) is 13.8 Å². The number of rotatable bonds is 1. The summed E-state index contributed by atoms with van der Waals surface area (Å²) >= 11 is 0. The van der Waals surface area contributed by atoms with Crippen molar-refractivity contribution < 1.29 is 9.90 Å². The van der Waals surface area contributed by atoms with Crippen LogP contribution in [0.2, 0.25) is 0 Å². The minimum Gasteiger partial charge on any atom is -0.478 e. The largest absolute Gasteiger partial charge is 0.478 e. The number of allylic oxidation sites excluding steroid dienone is 2. The van der Waals surface area contributed by atoms with Crippen LogP contribution in [0.5, 0.6) is 0 Å². The van der Waals surface area contributed by atoms with E-state index in [0.29, 0.717) is 5.57 Å². The second-order valence-corrected chi connectivity index (χ2v) is 4.00. The smallest absolute Gasteiger partial charge is 0.335 e. The normalized spacial score (nSPS) is 21.2. The Morgan fingerprint density at radius 3 is 2.58 bits per heavy atom. The second kappa shape index (κ2) is 2.77. The average molecular weight is 166 g/mol. The van der Waals surface area contributed by atoms with E-state index in [9.17, 15) is 4.79 Å². The fourth-order valence-electron chi connectivity index (χ4n) is 1.54. The molecule has 0 aliphatic heterocycles. The van der Waals surface area contributed by atoms with E-state index in [4.69, 9.17) is 5.11 Å². The van der Waals surface area contributed by atoms with Crippen molar-refractivity contribution in [2.45, 2.75) is 27.2 Å². The van der Waals surface area contributed by atoms with Crippen molar-refractivity contribution in [3.05, 3.63) is 23.3 Å². The van der Waals surface area contributed by atoms with Crippen molar-refractivity contribution >= 4 is 5.97 Å². The molecule has 0 bridgehead atoms. The predicted molar refractivity (Wildman–Crippen MR) is 47.9 cm³/mol. The van der Waals surface area contributed by atoms with Crippen molar-refractivity contribution in [3.63, 3.8) is 0 Å². The van der Waals surface area contributed by atoms with Crippen molar-refractivity contribution in [3.8, 4) is 0 Å². The molecule has 0 radical (unpaired) electrons. The molecule has 0 aromatic rings. The van der Waals surface area contributed by atoms with Gasteiger partial charge in [0, 0.05) is 0 Å². The van der Waals surface area contributed by atoms with Gasteiger partial charge in [0.05, 0.1) is 5.57 Å². The van der Waals surface area contributed by atoms with Crippen LogP contribution < -0.4 is 0 Å². The van der Waals surface area contributed by atoms with Gasteiger partial charge in [-0.2, -0.15) is 0 Å². The summed E-state index contributed by atoms with van der Waals surface area (Å²) in [6, 6.07) is 0. The quantitative estimate of drug-likeness (QED) is 0.649. The lowest BCUT2D eigenvalue weighted by Crippen LogP contribution is -2.15. The topological polar surface area (TPSA) is 37.3 Å². The van der Waals surface area contributed by atoms with Gasteiger partial charge < -0.3 is 5.11 Å². The fraction of sp³-hybridized carbons (Fsp3) is 0.500. The number of carboxylic acids is 1. The summed E-state index contributed by atoms with van der Waals surface area (Å²) in [4.78, 5) is 10.7. The summed E-state index contributed by atoms with van der Waals surface area (Å²) in [6.07, 6.45) is 4.51. The highest BCUT2D eigenvalue weighted by Crippen LogP contribution is 2.32. The molecular weight excluding hydrogens is 152 g/mol. The van der Waals surface area contributed by atoms with E-state index in [0.717, 1.165) is 12.0 Å². The molecule has 2 nitrogen and oxygen atoms in total. The van der Waals surface area contributed by atoms with Crippen LogP contribution >= 0.6 is 0 Å². The third-order valence-electron chi connectivity index (χ3n) is 2.11. The van der Waals surface area contributed by atoms with Gasteiger partial charge in [0.2, 0.25) is 0 Å². The Bertz CT molecular complexity index is 270. The molecule has 12 heavy (non-hydrogen) atoms. The molecular formula is C10H14O2. The monoisotopic (exact) mass is 166 g/mol. The Morgan fingerprint density at radius 1 is 1.58 bits per heavy atom. The SMILES string of the molecule is CC1=C(C(=O)O)C=CC(C)(C)C1. The highest BCUT2D eigenvalue weighted by atomic mass is 16.4. The number of aliphatic carboxylic acids is 1.